The Morgan fingerprint density at radius 3 is 1.95 bits per heavy atom. The lowest BCUT2D eigenvalue weighted by Crippen LogP contribution is -2.38. The van der Waals surface area contributed by atoms with Gasteiger partial charge in [0.15, 0.2) is 0 Å². The second kappa shape index (κ2) is 8.69. The fourth-order valence-electron chi connectivity index (χ4n) is 3.11. The summed E-state index contributed by atoms with van der Waals surface area (Å²) in [5.74, 6) is -0.133. The molecule has 0 amide bonds. The Bertz CT molecular complexity index is 435. The summed E-state index contributed by atoms with van der Waals surface area (Å²) in [6.45, 7) is 10.0. The molecule has 0 saturated carbocycles. The lowest BCUT2D eigenvalue weighted by Gasteiger charge is -2.32. The van der Waals surface area contributed by atoms with E-state index in [4.69, 9.17) is 0 Å². The summed E-state index contributed by atoms with van der Waals surface area (Å²) in [7, 11) is 0. The van der Waals surface area contributed by atoms with Crippen LogP contribution in [0.3, 0.4) is 0 Å². The van der Waals surface area contributed by atoms with E-state index in [0.717, 1.165) is 38.5 Å². The van der Waals surface area contributed by atoms with Crippen LogP contribution >= 0.6 is 0 Å². The van der Waals surface area contributed by atoms with Crippen molar-refractivity contribution in [2.45, 2.75) is 84.8 Å². The standard InChI is InChI=1S/C20H34O2/c1-15-8-6-10-16(2)12-13-18(20(4,5)22)19(21)14-17(3)11-7-9-15/h9-10,14,18-19,21-22H,6-8,11-13H2,1-5H3/b15-9+,16-10?,17-14+/t18?,19-/m0/s1. The first kappa shape index (κ1) is 19.2. The van der Waals surface area contributed by atoms with Crippen LogP contribution in [0.5, 0.6) is 0 Å². The van der Waals surface area contributed by atoms with E-state index in [1.165, 1.54) is 16.7 Å². The van der Waals surface area contributed by atoms with Crippen molar-refractivity contribution in [1.82, 2.24) is 0 Å². The van der Waals surface area contributed by atoms with Crippen LogP contribution in [0.1, 0.15) is 73.1 Å². The SMILES string of the molecule is CC1=CCC/C(C)=C/CC/C(C)=C/[C@H](O)C(C(C)(C)O)CC1. The number of aliphatic hydroxyl groups is 2. The zero-order chi connectivity index (χ0) is 16.8. The monoisotopic (exact) mass is 306 g/mol. The minimum absolute atomic E-state index is 0.133. The summed E-state index contributed by atoms with van der Waals surface area (Å²) in [5.41, 5.74) is 3.13. The van der Waals surface area contributed by atoms with Crippen LogP contribution in [0.2, 0.25) is 0 Å². The molecule has 0 aromatic carbocycles. The molecule has 2 atom stereocenters. The molecule has 22 heavy (non-hydrogen) atoms. The summed E-state index contributed by atoms with van der Waals surface area (Å²) in [6.07, 6.45) is 11.9. The molecular formula is C20H34O2. The smallest absolute Gasteiger partial charge is 0.0778 e. The molecule has 0 saturated heterocycles. The molecule has 1 unspecified atom stereocenters. The topological polar surface area (TPSA) is 40.5 Å². The van der Waals surface area contributed by atoms with Gasteiger partial charge in [-0.2, -0.15) is 0 Å². The van der Waals surface area contributed by atoms with Crippen molar-refractivity contribution in [2.75, 3.05) is 0 Å². The number of allylic oxidation sites excluding steroid dienone is 5. The Morgan fingerprint density at radius 1 is 0.909 bits per heavy atom. The molecule has 2 heteroatoms. The Hall–Kier alpha value is -0.860. The predicted molar refractivity (Wildman–Crippen MR) is 94.8 cm³/mol. The van der Waals surface area contributed by atoms with Crippen LogP contribution in [0, 0.1) is 5.92 Å². The zero-order valence-electron chi connectivity index (χ0n) is 15.0. The lowest BCUT2D eigenvalue weighted by molar-refractivity contribution is -0.0345. The molecule has 1 aliphatic carbocycles. The van der Waals surface area contributed by atoms with Gasteiger partial charge in [0.1, 0.15) is 0 Å². The number of hydrogen-bond donors (Lipinski definition) is 2. The third-order valence-corrected chi connectivity index (χ3v) is 4.69. The van der Waals surface area contributed by atoms with Gasteiger partial charge in [0, 0.05) is 5.92 Å². The summed E-state index contributed by atoms with van der Waals surface area (Å²) in [5, 5.41) is 21.0. The molecule has 0 aromatic rings. The van der Waals surface area contributed by atoms with E-state index in [0.29, 0.717) is 0 Å². The van der Waals surface area contributed by atoms with E-state index in [9.17, 15) is 10.2 Å². The van der Waals surface area contributed by atoms with Gasteiger partial charge in [0.2, 0.25) is 0 Å². The van der Waals surface area contributed by atoms with Crippen molar-refractivity contribution in [3.63, 3.8) is 0 Å². The second-order valence-corrected chi connectivity index (χ2v) is 7.48. The average molecular weight is 306 g/mol. The highest BCUT2D eigenvalue weighted by atomic mass is 16.3. The first-order valence-electron chi connectivity index (χ1n) is 8.59. The third-order valence-electron chi connectivity index (χ3n) is 4.69. The molecule has 0 radical (unpaired) electrons. The second-order valence-electron chi connectivity index (χ2n) is 7.48. The van der Waals surface area contributed by atoms with Crippen LogP contribution < -0.4 is 0 Å². The summed E-state index contributed by atoms with van der Waals surface area (Å²) >= 11 is 0. The van der Waals surface area contributed by atoms with Gasteiger partial charge in [-0.25, -0.2) is 0 Å². The molecule has 0 aliphatic heterocycles. The molecule has 0 bridgehead atoms. The molecule has 0 heterocycles. The van der Waals surface area contributed by atoms with Gasteiger partial charge >= 0.3 is 0 Å². The number of hydrogen-bond acceptors (Lipinski definition) is 2. The molecule has 0 spiro atoms. The third kappa shape index (κ3) is 6.93. The molecule has 2 N–H and O–H groups in total. The van der Waals surface area contributed by atoms with Gasteiger partial charge in [-0.05, 0) is 73.1 Å². The summed E-state index contributed by atoms with van der Waals surface area (Å²) in [6, 6.07) is 0. The highest BCUT2D eigenvalue weighted by Crippen LogP contribution is 2.29. The van der Waals surface area contributed by atoms with E-state index >= 15 is 0 Å². The van der Waals surface area contributed by atoms with Crippen molar-refractivity contribution in [1.29, 1.82) is 0 Å². The Balaban J connectivity index is 2.96. The minimum atomic E-state index is -0.871. The van der Waals surface area contributed by atoms with Crippen molar-refractivity contribution >= 4 is 0 Å². The van der Waals surface area contributed by atoms with E-state index in [-0.39, 0.29) is 5.92 Å². The number of aliphatic hydroxyl groups excluding tert-OH is 1. The van der Waals surface area contributed by atoms with Crippen LogP contribution in [-0.2, 0) is 0 Å². The van der Waals surface area contributed by atoms with Crippen LogP contribution in [-0.4, -0.2) is 21.9 Å². The zero-order valence-corrected chi connectivity index (χ0v) is 15.0. The molecule has 0 fully saturated rings. The van der Waals surface area contributed by atoms with Crippen molar-refractivity contribution in [3.8, 4) is 0 Å². The molecule has 1 aliphatic rings. The van der Waals surface area contributed by atoms with E-state index in [1.807, 2.05) is 6.08 Å². The van der Waals surface area contributed by atoms with Gasteiger partial charge in [-0.15, -0.1) is 0 Å². The van der Waals surface area contributed by atoms with E-state index < -0.39 is 11.7 Å². The summed E-state index contributed by atoms with van der Waals surface area (Å²) in [4.78, 5) is 0. The maximum Gasteiger partial charge on any atom is 0.0778 e. The minimum Gasteiger partial charge on any atom is -0.390 e. The van der Waals surface area contributed by atoms with Gasteiger partial charge in [-0.3, -0.25) is 0 Å². The molecule has 126 valence electrons. The average Bonchev–Trinajstić information content (AvgIpc) is 2.36. The van der Waals surface area contributed by atoms with E-state index in [1.54, 1.807) is 13.8 Å². The van der Waals surface area contributed by atoms with Crippen LogP contribution in [0.15, 0.2) is 34.9 Å². The largest absolute Gasteiger partial charge is 0.390 e. The normalized spacial score (nSPS) is 31.3. The molecule has 0 aromatic heterocycles. The quantitative estimate of drug-likeness (QED) is 0.674. The number of rotatable bonds is 1. The molecule has 1 rings (SSSR count). The van der Waals surface area contributed by atoms with Gasteiger partial charge < -0.3 is 10.2 Å². The maximum atomic E-state index is 10.6. The van der Waals surface area contributed by atoms with Crippen molar-refractivity contribution in [2.24, 2.45) is 5.92 Å². The first-order chi connectivity index (χ1) is 10.2. The van der Waals surface area contributed by atoms with Crippen LogP contribution in [0.25, 0.3) is 0 Å². The predicted octanol–water partition coefficient (Wildman–Crippen LogP) is 4.93. The fraction of sp³-hybridized carbons (Fsp3) is 0.700. The Labute approximate surface area is 136 Å². The molecular weight excluding hydrogens is 272 g/mol. The Kier molecular flexibility index (Phi) is 7.58. The fourth-order valence-corrected chi connectivity index (χ4v) is 3.11. The first-order valence-corrected chi connectivity index (χ1v) is 8.59. The Morgan fingerprint density at radius 2 is 1.41 bits per heavy atom. The summed E-state index contributed by atoms with van der Waals surface area (Å²) < 4.78 is 0. The highest BCUT2D eigenvalue weighted by molar-refractivity contribution is 5.10. The van der Waals surface area contributed by atoms with Crippen LogP contribution in [0.4, 0.5) is 0 Å². The van der Waals surface area contributed by atoms with Gasteiger partial charge in [0.05, 0.1) is 11.7 Å². The van der Waals surface area contributed by atoms with E-state index in [2.05, 4.69) is 32.9 Å². The van der Waals surface area contributed by atoms with Gasteiger partial charge in [0.25, 0.3) is 0 Å². The highest BCUT2D eigenvalue weighted by Gasteiger charge is 2.31. The maximum absolute atomic E-state index is 10.6. The van der Waals surface area contributed by atoms with Crippen molar-refractivity contribution in [3.05, 3.63) is 34.9 Å². The van der Waals surface area contributed by atoms with Gasteiger partial charge in [-0.1, -0.05) is 34.9 Å². The molecule has 2 nitrogen and oxygen atoms in total. The lowest BCUT2D eigenvalue weighted by atomic mass is 9.81. The van der Waals surface area contributed by atoms with Crippen molar-refractivity contribution < 1.29 is 10.2 Å².